The van der Waals surface area contributed by atoms with Crippen molar-refractivity contribution in [2.75, 3.05) is 11.5 Å². The Morgan fingerprint density at radius 1 is 1.19 bits per heavy atom. The Hall–Kier alpha value is -2.14. The molecule has 0 saturated carbocycles. The summed E-state index contributed by atoms with van der Waals surface area (Å²) in [6.45, 7) is 0.196. The topological polar surface area (TPSA) is 73.1 Å². The van der Waals surface area contributed by atoms with Crippen LogP contribution < -0.4 is 5.32 Å². The fourth-order valence-corrected chi connectivity index (χ4v) is 6.28. The van der Waals surface area contributed by atoms with Crippen LogP contribution in [-0.4, -0.2) is 41.0 Å². The van der Waals surface area contributed by atoms with Crippen molar-refractivity contribution in [2.24, 2.45) is 7.05 Å². The van der Waals surface area contributed by atoms with Crippen LogP contribution in [0.2, 0.25) is 0 Å². The molecule has 1 unspecified atom stereocenters. The number of imidazole rings is 1. The van der Waals surface area contributed by atoms with Gasteiger partial charge >= 0.3 is 0 Å². The molecule has 1 fully saturated rings. The molecular weight excluding hydrogens is 451 g/mol. The maximum Gasteiger partial charge on any atom is 0.226 e. The predicted molar refractivity (Wildman–Crippen MR) is 111 cm³/mol. The fraction of sp³-hybridized carbons (Fsp3) is 0.500. The van der Waals surface area contributed by atoms with Crippen LogP contribution in [0.5, 0.6) is 0 Å². The van der Waals surface area contributed by atoms with Crippen molar-refractivity contribution in [3.8, 4) is 0 Å². The number of aromatic nitrogens is 2. The molecule has 1 aromatic carbocycles. The van der Waals surface area contributed by atoms with Gasteiger partial charge in [-0.2, -0.15) is 0 Å². The highest BCUT2D eigenvalue weighted by atomic mass is 32.2. The van der Waals surface area contributed by atoms with Gasteiger partial charge in [0.1, 0.15) is 15.7 Å². The summed E-state index contributed by atoms with van der Waals surface area (Å²) >= 11 is 5.44. The lowest BCUT2D eigenvalue weighted by Crippen LogP contribution is -2.41. The summed E-state index contributed by atoms with van der Waals surface area (Å²) in [6, 6.07) is 1.46. The number of nitrogens with one attached hydrogen (secondary N) is 1. The van der Waals surface area contributed by atoms with Crippen LogP contribution in [0.25, 0.3) is 0 Å². The number of carbonyl (C=O) groups is 1. The zero-order chi connectivity index (χ0) is 22.5. The van der Waals surface area contributed by atoms with Crippen molar-refractivity contribution >= 4 is 28.0 Å². The summed E-state index contributed by atoms with van der Waals surface area (Å²) in [4.78, 5) is 12.6. The number of fused-ring (bicyclic) bond motifs is 1. The maximum absolute atomic E-state index is 14.3. The quantitative estimate of drug-likeness (QED) is 0.547. The van der Waals surface area contributed by atoms with E-state index in [4.69, 9.17) is 12.2 Å². The van der Waals surface area contributed by atoms with Crippen LogP contribution in [0.4, 0.5) is 13.2 Å². The first-order valence-electron chi connectivity index (χ1n) is 9.98. The average Bonchev–Trinajstić information content (AvgIpc) is 3.22. The van der Waals surface area contributed by atoms with Crippen molar-refractivity contribution in [1.29, 1.82) is 0 Å². The normalized spacial score (nSPS) is 20.6. The second-order valence-corrected chi connectivity index (χ2v) is 10.8. The summed E-state index contributed by atoms with van der Waals surface area (Å²) in [7, 11) is -1.30. The van der Waals surface area contributed by atoms with Gasteiger partial charge < -0.3 is 14.5 Å². The van der Waals surface area contributed by atoms with E-state index in [2.05, 4.69) is 5.32 Å². The van der Waals surface area contributed by atoms with E-state index in [0.717, 1.165) is 12.1 Å². The van der Waals surface area contributed by atoms with Gasteiger partial charge in [-0.1, -0.05) is 0 Å². The molecule has 0 radical (unpaired) electrons. The number of nitrogens with zero attached hydrogens (tertiary/aromatic N) is 2. The standard InChI is InChI=1S/C20H22F3N3O3S2/c1-25-15(9-17(27)24-12-4-6-31(28,29)7-5-12)16-8-11(10-26(16)20(25)30)18-13(21)2-3-14(22)19(18)23/h2-3,11-12H,4-10H2,1H3,(H,24,27). The van der Waals surface area contributed by atoms with Gasteiger partial charge in [0.05, 0.1) is 17.9 Å². The lowest BCUT2D eigenvalue weighted by Gasteiger charge is -2.23. The summed E-state index contributed by atoms with van der Waals surface area (Å²) < 4.78 is 69.2. The Bertz CT molecular complexity index is 1210. The van der Waals surface area contributed by atoms with Crippen molar-refractivity contribution in [1.82, 2.24) is 14.5 Å². The van der Waals surface area contributed by atoms with E-state index in [0.29, 0.717) is 29.0 Å². The highest BCUT2D eigenvalue weighted by Gasteiger charge is 2.33. The minimum atomic E-state index is -3.02. The molecule has 11 heteroatoms. The Morgan fingerprint density at radius 3 is 2.52 bits per heavy atom. The lowest BCUT2D eigenvalue weighted by atomic mass is 9.95. The zero-order valence-electron chi connectivity index (χ0n) is 16.8. The van der Waals surface area contributed by atoms with Crippen molar-refractivity contribution in [3.63, 3.8) is 0 Å². The van der Waals surface area contributed by atoms with E-state index in [9.17, 15) is 26.4 Å². The van der Waals surface area contributed by atoms with E-state index in [1.54, 1.807) is 16.2 Å². The van der Waals surface area contributed by atoms with Crippen LogP contribution in [0, 0.1) is 22.2 Å². The molecule has 168 valence electrons. The number of hydrogen-bond donors (Lipinski definition) is 1. The van der Waals surface area contributed by atoms with Crippen molar-refractivity contribution in [2.45, 2.75) is 44.2 Å². The minimum Gasteiger partial charge on any atom is -0.353 e. The van der Waals surface area contributed by atoms with Gasteiger partial charge in [0.25, 0.3) is 0 Å². The number of sulfone groups is 1. The second-order valence-electron chi connectivity index (χ2n) is 8.17. The van der Waals surface area contributed by atoms with Gasteiger partial charge in [0, 0.05) is 42.5 Å². The molecule has 1 N–H and O–H groups in total. The first-order chi connectivity index (χ1) is 14.6. The van der Waals surface area contributed by atoms with Crippen molar-refractivity contribution < 1.29 is 26.4 Å². The van der Waals surface area contributed by atoms with Crippen LogP contribution in [0.1, 0.15) is 35.7 Å². The highest BCUT2D eigenvalue weighted by molar-refractivity contribution is 7.91. The number of carbonyl (C=O) groups excluding carboxylic acids is 1. The van der Waals surface area contributed by atoms with E-state index < -0.39 is 33.2 Å². The number of benzene rings is 1. The van der Waals surface area contributed by atoms with Gasteiger partial charge in [-0.05, 0) is 43.6 Å². The number of rotatable bonds is 4. The largest absolute Gasteiger partial charge is 0.353 e. The maximum atomic E-state index is 14.3. The predicted octanol–water partition coefficient (Wildman–Crippen LogP) is 2.55. The van der Waals surface area contributed by atoms with Gasteiger partial charge in [0.15, 0.2) is 16.4 Å². The van der Waals surface area contributed by atoms with Crippen molar-refractivity contribution in [3.05, 3.63) is 51.3 Å². The first kappa shape index (κ1) is 22.1. The van der Waals surface area contributed by atoms with Gasteiger partial charge in [-0.25, -0.2) is 21.6 Å². The number of halogens is 3. The van der Waals surface area contributed by atoms with E-state index in [-0.39, 0.29) is 48.4 Å². The smallest absolute Gasteiger partial charge is 0.226 e. The molecule has 2 aliphatic heterocycles. The Kier molecular flexibility index (Phi) is 5.76. The molecule has 0 aliphatic carbocycles. The van der Waals surface area contributed by atoms with E-state index in [1.165, 1.54) is 0 Å². The summed E-state index contributed by atoms with van der Waals surface area (Å²) in [5.74, 6) is -3.90. The van der Waals surface area contributed by atoms with Gasteiger partial charge in [-0.15, -0.1) is 0 Å². The molecule has 31 heavy (non-hydrogen) atoms. The second kappa shape index (κ2) is 8.09. The molecule has 2 aromatic rings. The average molecular weight is 474 g/mol. The lowest BCUT2D eigenvalue weighted by molar-refractivity contribution is -0.121. The van der Waals surface area contributed by atoms with Crippen LogP contribution in [-0.2, 0) is 41.1 Å². The molecule has 4 rings (SSSR count). The van der Waals surface area contributed by atoms with Crippen LogP contribution in [0.3, 0.4) is 0 Å². The third-order valence-electron chi connectivity index (χ3n) is 6.16. The Labute approximate surface area is 183 Å². The van der Waals surface area contributed by atoms with E-state index >= 15 is 0 Å². The molecule has 0 bridgehead atoms. The summed E-state index contributed by atoms with van der Waals surface area (Å²) in [5, 5.41) is 2.87. The van der Waals surface area contributed by atoms with Gasteiger partial charge in [0.2, 0.25) is 5.91 Å². The minimum absolute atomic E-state index is 0.00651. The number of amides is 1. The molecular formula is C20H22F3N3O3S2. The summed E-state index contributed by atoms with van der Waals surface area (Å²) in [6.07, 6.45) is 0.986. The molecule has 3 heterocycles. The monoisotopic (exact) mass is 473 g/mol. The number of hydrogen-bond acceptors (Lipinski definition) is 4. The summed E-state index contributed by atoms with van der Waals surface area (Å²) in [5.41, 5.74) is 1.02. The van der Waals surface area contributed by atoms with E-state index in [1.807, 2.05) is 0 Å². The van der Waals surface area contributed by atoms with Gasteiger partial charge in [-0.3, -0.25) is 4.79 Å². The SMILES string of the molecule is Cn1c(CC(=O)NC2CCS(=O)(=O)CC2)c2n(c1=S)CC(c1c(F)ccc(F)c1F)C2. The molecule has 1 aromatic heterocycles. The molecule has 0 spiro atoms. The molecule has 1 amide bonds. The van der Waals surface area contributed by atoms with Crippen LogP contribution >= 0.6 is 12.2 Å². The Morgan fingerprint density at radius 2 is 1.84 bits per heavy atom. The van der Waals surface area contributed by atoms with Crippen LogP contribution in [0.15, 0.2) is 12.1 Å². The third-order valence-corrected chi connectivity index (χ3v) is 8.37. The highest BCUT2D eigenvalue weighted by Crippen LogP contribution is 2.36. The third kappa shape index (κ3) is 4.17. The zero-order valence-corrected chi connectivity index (χ0v) is 18.5. The molecule has 6 nitrogen and oxygen atoms in total. The molecule has 2 aliphatic rings. The molecule has 1 atom stereocenters. The fourth-order valence-electron chi connectivity index (χ4n) is 4.49. The molecule has 1 saturated heterocycles. The first-order valence-corrected chi connectivity index (χ1v) is 12.2. The Balaban J connectivity index is 1.53.